The molecule has 2 N–H and O–H groups in total. The molecule has 0 unspecified atom stereocenters. The Kier molecular flexibility index (Phi) is 5.50. The molecule has 5 nitrogen and oxygen atoms in total. The highest BCUT2D eigenvalue weighted by atomic mass is 127. The highest BCUT2D eigenvalue weighted by molar-refractivity contribution is 14.1. The summed E-state index contributed by atoms with van der Waals surface area (Å²) in [7, 11) is 0. The van der Waals surface area contributed by atoms with E-state index in [-0.39, 0.29) is 17.9 Å². The summed E-state index contributed by atoms with van der Waals surface area (Å²) in [5.41, 5.74) is 1.41. The molecule has 2 aromatic carbocycles. The van der Waals surface area contributed by atoms with Crippen LogP contribution in [-0.2, 0) is 11.2 Å². The summed E-state index contributed by atoms with van der Waals surface area (Å²) in [5.74, 6) is 0.163. The zero-order valence-electron chi connectivity index (χ0n) is 12.9. The van der Waals surface area contributed by atoms with Gasteiger partial charge in [-0.2, -0.15) is 0 Å². The van der Waals surface area contributed by atoms with Crippen LogP contribution in [0.2, 0.25) is 5.02 Å². The summed E-state index contributed by atoms with van der Waals surface area (Å²) >= 11 is 8.04. The molecular weight excluding hydrogens is 453 g/mol. The lowest BCUT2D eigenvalue weighted by Gasteiger charge is -2.06. The third-order valence-electron chi connectivity index (χ3n) is 3.47. The average Bonchev–Trinajstić information content (AvgIpc) is 2.59. The summed E-state index contributed by atoms with van der Waals surface area (Å²) in [5, 5.41) is 3.37. The van der Waals surface area contributed by atoms with Crippen LogP contribution in [0.3, 0.4) is 0 Å². The molecule has 1 heterocycles. The van der Waals surface area contributed by atoms with Gasteiger partial charge in [-0.15, -0.1) is 0 Å². The van der Waals surface area contributed by atoms with Crippen molar-refractivity contribution in [2.45, 2.75) is 6.42 Å². The lowest BCUT2D eigenvalue weighted by atomic mass is 10.2. The summed E-state index contributed by atoms with van der Waals surface area (Å²) in [4.78, 5) is 31.2. The fourth-order valence-electron chi connectivity index (χ4n) is 2.21. The highest BCUT2D eigenvalue weighted by Gasteiger charge is 2.10. The van der Waals surface area contributed by atoms with Gasteiger partial charge >= 0.3 is 0 Å². The van der Waals surface area contributed by atoms with Crippen LogP contribution in [-0.4, -0.2) is 15.9 Å². The van der Waals surface area contributed by atoms with Crippen molar-refractivity contribution in [3.05, 3.63) is 79.2 Å². The maximum atomic E-state index is 12.2. The van der Waals surface area contributed by atoms with Crippen molar-refractivity contribution in [1.82, 2.24) is 9.97 Å². The second kappa shape index (κ2) is 7.79. The van der Waals surface area contributed by atoms with Crippen molar-refractivity contribution in [3.8, 4) is 11.4 Å². The number of anilines is 1. The van der Waals surface area contributed by atoms with E-state index in [0.717, 1.165) is 9.13 Å². The standard InChI is InChI=1S/C18H13ClIN3O2/c19-13-3-1-11(2-4-13)17-21-10-12(18(25)23-17)9-16(24)22-15-7-5-14(20)6-8-15/h1-8,10H,9H2,(H,22,24)(H,21,23,25). The van der Waals surface area contributed by atoms with Crippen LogP contribution in [0.25, 0.3) is 11.4 Å². The number of aromatic nitrogens is 2. The van der Waals surface area contributed by atoms with E-state index in [1.807, 2.05) is 24.3 Å². The molecule has 3 rings (SSSR count). The molecule has 0 aliphatic carbocycles. The summed E-state index contributed by atoms with van der Waals surface area (Å²) < 4.78 is 1.08. The summed E-state index contributed by atoms with van der Waals surface area (Å²) in [6.07, 6.45) is 1.38. The van der Waals surface area contributed by atoms with Crippen LogP contribution in [0.1, 0.15) is 5.56 Å². The van der Waals surface area contributed by atoms with Crippen molar-refractivity contribution < 1.29 is 4.79 Å². The number of carbonyl (C=O) groups is 1. The Labute approximate surface area is 162 Å². The number of rotatable bonds is 4. The van der Waals surface area contributed by atoms with E-state index < -0.39 is 0 Å². The molecule has 0 saturated heterocycles. The second-order valence-electron chi connectivity index (χ2n) is 5.32. The van der Waals surface area contributed by atoms with Crippen molar-refractivity contribution in [2.75, 3.05) is 5.32 Å². The van der Waals surface area contributed by atoms with Gasteiger partial charge in [-0.1, -0.05) is 11.6 Å². The van der Waals surface area contributed by atoms with E-state index in [9.17, 15) is 9.59 Å². The van der Waals surface area contributed by atoms with Crippen LogP contribution < -0.4 is 10.9 Å². The minimum atomic E-state index is -0.335. The Balaban J connectivity index is 1.72. The van der Waals surface area contributed by atoms with Crippen molar-refractivity contribution >= 4 is 45.8 Å². The number of H-pyrrole nitrogens is 1. The molecule has 7 heteroatoms. The van der Waals surface area contributed by atoms with Gasteiger partial charge in [0, 0.05) is 31.6 Å². The molecule has 0 atom stereocenters. The molecule has 1 amide bonds. The first-order valence-electron chi connectivity index (χ1n) is 7.41. The Morgan fingerprint density at radius 3 is 2.44 bits per heavy atom. The Bertz CT molecular complexity index is 953. The number of amides is 1. The van der Waals surface area contributed by atoms with E-state index >= 15 is 0 Å². The van der Waals surface area contributed by atoms with Crippen LogP contribution in [0, 0.1) is 3.57 Å². The van der Waals surface area contributed by atoms with Crippen molar-refractivity contribution in [3.63, 3.8) is 0 Å². The molecule has 0 fully saturated rings. The molecule has 25 heavy (non-hydrogen) atoms. The van der Waals surface area contributed by atoms with Gasteiger partial charge in [0.05, 0.1) is 6.42 Å². The minimum Gasteiger partial charge on any atom is -0.326 e. The third-order valence-corrected chi connectivity index (χ3v) is 4.44. The van der Waals surface area contributed by atoms with Crippen molar-refractivity contribution in [2.24, 2.45) is 0 Å². The van der Waals surface area contributed by atoms with E-state index in [0.29, 0.717) is 22.1 Å². The van der Waals surface area contributed by atoms with Crippen molar-refractivity contribution in [1.29, 1.82) is 0 Å². The Morgan fingerprint density at radius 1 is 1.12 bits per heavy atom. The molecule has 1 aromatic heterocycles. The van der Waals surface area contributed by atoms with Crippen LogP contribution >= 0.6 is 34.2 Å². The Morgan fingerprint density at radius 2 is 1.80 bits per heavy atom. The van der Waals surface area contributed by atoms with E-state index in [1.165, 1.54) is 6.20 Å². The maximum absolute atomic E-state index is 12.2. The van der Waals surface area contributed by atoms with Gasteiger partial charge in [-0.25, -0.2) is 4.98 Å². The second-order valence-corrected chi connectivity index (χ2v) is 7.01. The first-order chi connectivity index (χ1) is 12.0. The lowest BCUT2D eigenvalue weighted by molar-refractivity contribution is -0.115. The first kappa shape index (κ1) is 17.6. The fourth-order valence-corrected chi connectivity index (χ4v) is 2.70. The molecule has 0 saturated carbocycles. The molecule has 0 spiro atoms. The number of hydrogen-bond donors (Lipinski definition) is 2. The number of carbonyl (C=O) groups excluding carboxylic acids is 1. The number of aromatic amines is 1. The monoisotopic (exact) mass is 465 g/mol. The average molecular weight is 466 g/mol. The lowest BCUT2D eigenvalue weighted by Crippen LogP contribution is -2.22. The topological polar surface area (TPSA) is 74.8 Å². The van der Waals surface area contributed by atoms with Gasteiger partial charge in [0.15, 0.2) is 0 Å². The van der Waals surface area contributed by atoms with E-state index in [1.54, 1.807) is 24.3 Å². The van der Waals surface area contributed by atoms with Crippen LogP contribution in [0.15, 0.2) is 59.5 Å². The zero-order valence-corrected chi connectivity index (χ0v) is 15.8. The molecule has 0 radical (unpaired) electrons. The molecular formula is C18H13ClIN3O2. The molecule has 0 aliphatic heterocycles. The van der Waals surface area contributed by atoms with Gasteiger partial charge in [-0.05, 0) is 71.1 Å². The van der Waals surface area contributed by atoms with Crippen LogP contribution in [0.5, 0.6) is 0 Å². The number of benzene rings is 2. The van der Waals surface area contributed by atoms with E-state index in [4.69, 9.17) is 11.6 Å². The molecule has 3 aromatic rings. The maximum Gasteiger partial charge on any atom is 0.254 e. The SMILES string of the molecule is O=C(Cc1cnc(-c2ccc(Cl)cc2)[nH]c1=O)Nc1ccc(I)cc1. The largest absolute Gasteiger partial charge is 0.326 e. The smallest absolute Gasteiger partial charge is 0.254 e. The minimum absolute atomic E-state index is 0.0464. The number of nitrogens with zero attached hydrogens (tertiary/aromatic N) is 1. The normalized spacial score (nSPS) is 10.5. The number of halogens is 2. The first-order valence-corrected chi connectivity index (χ1v) is 8.86. The molecule has 0 aliphatic rings. The van der Waals surface area contributed by atoms with Gasteiger partial charge in [0.2, 0.25) is 5.91 Å². The quantitative estimate of drug-likeness (QED) is 0.574. The van der Waals surface area contributed by atoms with Crippen LogP contribution in [0.4, 0.5) is 5.69 Å². The molecule has 126 valence electrons. The Hall–Kier alpha value is -2.19. The number of nitrogens with one attached hydrogen (secondary N) is 2. The summed E-state index contributed by atoms with van der Waals surface area (Å²) in [6, 6.07) is 14.4. The zero-order chi connectivity index (χ0) is 17.8. The van der Waals surface area contributed by atoms with Gasteiger partial charge in [0.1, 0.15) is 5.82 Å². The van der Waals surface area contributed by atoms with Gasteiger partial charge in [-0.3, -0.25) is 9.59 Å². The van der Waals surface area contributed by atoms with Gasteiger partial charge in [0.25, 0.3) is 5.56 Å². The fraction of sp³-hybridized carbons (Fsp3) is 0.0556. The molecule has 0 bridgehead atoms. The predicted octanol–water partition coefficient (Wildman–Crippen LogP) is 3.88. The number of hydrogen-bond acceptors (Lipinski definition) is 3. The van der Waals surface area contributed by atoms with E-state index in [2.05, 4.69) is 37.9 Å². The summed E-state index contributed by atoms with van der Waals surface area (Å²) in [6.45, 7) is 0. The predicted molar refractivity (Wildman–Crippen MR) is 107 cm³/mol. The van der Waals surface area contributed by atoms with Gasteiger partial charge < -0.3 is 10.3 Å². The highest BCUT2D eigenvalue weighted by Crippen LogP contribution is 2.17. The third kappa shape index (κ3) is 4.67.